The van der Waals surface area contributed by atoms with Crippen LogP contribution in [0.3, 0.4) is 0 Å². The largest absolute Gasteiger partial charge is 0.351 e. The van der Waals surface area contributed by atoms with Crippen LogP contribution >= 0.6 is 11.6 Å². The molecule has 1 heterocycles. The number of halogens is 1. The second-order valence-electron chi connectivity index (χ2n) is 8.37. The van der Waals surface area contributed by atoms with Crippen molar-refractivity contribution in [3.63, 3.8) is 0 Å². The molecule has 1 saturated heterocycles. The number of nitrogens with zero attached hydrogens (tertiary/aromatic N) is 2. The summed E-state index contributed by atoms with van der Waals surface area (Å²) in [6, 6.07) is 6.73. The lowest BCUT2D eigenvalue weighted by molar-refractivity contribution is -0.133. The Bertz CT molecular complexity index is 884. The van der Waals surface area contributed by atoms with Gasteiger partial charge in [-0.2, -0.15) is 4.31 Å². The first-order chi connectivity index (χ1) is 14.2. The molecular formula is C21H30ClN3O4S. The van der Waals surface area contributed by atoms with Crippen LogP contribution in [-0.4, -0.2) is 55.0 Å². The molecule has 2 amide bonds. The fourth-order valence-electron chi connectivity index (χ4n) is 4.33. The first kappa shape index (κ1) is 23.0. The predicted octanol–water partition coefficient (Wildman–Crippen LogP) is 2.94. The molecule has 30 heavy (non-hydrogen) atoms. The highest BCUT2D eigenvalue weighted by molar-refractivity contribution is 7.89. The van der Waals surface area contributed by atoms with Gasteiger partial charge in [0.15, 0.2) is 0 Å². The van der Waals surface area contributed by atoms with Crippen molar-refractivity contribution in [1.29, 1.82) is 0 Å². The molecule has 166 valence electrons. The minimum absolute atomic E-state index is 0.0490. The summed E-state index contributed by atoms with van der Waals surface area (Å²) < 4.78 is 26.6. The molecule has 3 rings (SSSR count). The lowest BCUT2D eigenvalue weighted by atomic mass is 9.91. The number of rotatable bonds is 6. The Morgan fingerprint density at radius 2 is 1.83 bits per heavy atom. The van der Waals surface area contributed by atoms with E-state index in [1.54, 1.807) is 38.1 Å². The summed E-state index contributed by atoms with van der Waals surface area (Å²) in [5, 5.41) is 3.60. The van der Waals surface area contributed by atoms with Crippen molar-refractivity contribution in [3.05, 3.63) is 29.3 Å². The van der Waals surface area contributed by atoms with Gasteiger partial charge < -0.3 is 5.32 Å². The zero-order valence-corrected chi connectivity index (χ0v) is 19.1. The van der Waals surface area contributed by atoms with Crippen LogP contribution in [0.15, 0.2) is 24.3 Å². The average Bonchev–Trinajstić information content (AvgIpc) is 2.69. The molecule has 7 nitrogen and oxygen atoms in total. The van der Waals surface area contributed by atoms with Crippen LogP contribution < -0.4 is 10.2 Å². The molecule has 1 unspecified atom stereocenters. The van der Waals surface area contributed by atoms with Gasteiger partial charge in [-0.25, -0.2) is 8.42 Å². The van der Waals surface area contributed by atoms with Crippen LogP contribution in [0.25, 0.3) is 0 Å². The average molecular weight is 456 g/mol. The van der Waals surface area contributed by atoms with Crippen molar-refractivity contribution in [2.75, 3.05) is 23.7 Å². The Morgan fingerprint density at radius 1 is 1.20 bits per heavy atom. The van der Waals surface area contributed by atoms with E-state index >= 15 is 0 Å². The molecule has 9 heteroatoms. The van der Waals surface area contributed by atoms with Crippen molar-refractivity contribution in [1.82, 2.24) is 9.62 Å². The van der Waals surface area contributed by atoms with Crippen LogP contribution in [0.5, 0.6) is 0 Å². The van der Waals surface area contributed by atoms with Crippen LogP contribution in [0.2, 0.25) is 5.02 Å². The molecule has 1 aromatic rings. The molecule has 1 aliphatic carbocycles. The third-order valence-electron chi connectivity index (χ3n) is 5.91. The first-order valence-corrected chi connectivity index (χ1v) is 12.5. The number of hydrogen-bond donors (Lipinski definition) is 1. The molecule has 2 fully saturated rings. The number of sulfonamides is 1. The van der Waals surface area contributed by atoms with E-state index in [0.29, 0.717) is 17.1 Å². The molecule has 0 radical (unpaired) electrons. The zero-order valence-electron chi connectivity index (χ0n) is 17.6. The van der Waals surface area contributed by atoms with E-state index in [1.807, 2.05) is 0 Å². The van der Waals surface area contributed by atoms with Crippen LogP contribution in [0.1, 0.15) is 52.4 Å². The van der Waals surface area contributed by atoms with Crippen molar-refractivity contribution < 1.29 is 18.0 Å². The zero-order chi connectivity index (χ0) is 21.9. The van der Waals surface area contributed by atoms with Crippen molar-refractivity contribution >= 4 is 39.1 Å². The Balaban J connectivity index is 1.96. The quantitative estimate of drug-likeness (QED) is 0.714. The standard InChI is InChI=1S/C21H30ClN3O4S/c1-3-13-30(28,29)24-14-19(26)25(18-11-9-16(22)10-12-18)21(2,15-24)20(27)23-17-7-5-4-6-8-17/h9-12,17H,3-8,13-15H2,1-2H3,(H,23,27). The van der Waals surface area contributed by atoms with Crippen LogP contribution in [0, 0.1) is 0 Å². The van der Waals surface area contributed by atoms with Crippen molar-refractivity contribution in [2.45, 2.75) is 64.0 Å². The molecule has 1 aliphatic heterocycles. The summed E-state index contributed by atoms with van der Waals surface area (Å²) in [6.45, 7) is 3.06. The fourth-order valence-corrected chi connectivity index (χ4v) is 5.99. The highest BCUT2D eigenvalue weighted by Gasteiger charge is 2.51. The maximum Gasteiger partial charge on any atom is 0.247 e. The van der Waals surface area contributed by atoms with Crippen LogP contribution in [-0.2, 0) is 19.6 Å². The number of anilines is 1. The van der Waals surface area contributed by atoms with Gasteiger partial charge in [-0.3, -0.25) is 14.5 Å². The molecule has 2 aliphatic rings. The minimum atomic E-state index is -3.63. The smallest absolute Gasteiger partial charge is 0.247 e. The Kier molecular flexibility index (Phi) is 7.09. The van der Waals surface area contributed by atoms with E-state index in [1.165, 1.54) is 4.90 Å². The maximum atomic E-state index is 13.5. The van der Waals surface area contributed by atoms with E-state index in [4.69, 9.17) is 11.6 Å². The second kappa shape index (κ2) is 9.24. The maximum absolute atomic E-state index is 13.5. The molecule has 1 saturated carbocycles. The highest BCUT2D eigenvalue weighted by Crippen LogP contribution is 2.32. The Hall–Kier alpha value is -1.64. The molecular weight excluding hydrogens is 426 g/mol. The SMILES string of the molecule is CCCS(=O)(=O)N1CC(=O)N(c2ccc(Cl)cc2)C(C)(C(=O)NC2CCCCC2)C1. The second-order valence-corrected chi connectivity index (χ2v) is 10.9. The summed E-state index contributed by atoms with van der Waals surface area (Å²) in [5.74, 6) is -0.805. The molecule has 1 atom stereocenters. The lowest BCUT2D eigenvalue weighted by Gasteiger charge is -2.47. The van der Waals surface area contributed by atoms with Gasteiger partial charge in [-0.1, -0.05) is 37.8 Å². The topological polar surface area (TPSA) is 86.8 Å². The third kappa shape index (κ3) is 4.81. The summed E-state index contributed by atoms with van der Waals surface area (Å²) in [5.41, 5.74) is -0.834. The van der Waals surface area contributed by atoms with Crippen molar-refractivity contribution in [3.8, 4) is 0 Å². The number of nitrogens with one attached hydrogen (secondary N) is 1. The number of carbonyl (C=O) groups is 2. The summed E-state index contributed by atoms with van der Waals surface area (Å²) in [7, 11) is -3.63. The third-order valence-corrected chi connectivity index (χ3v) is 8.13. The van der Waals surface area contributed by atoms with Gasteiger partial charge in [-0.15, -0.1) is 0 Å². The van der Waals surface area contributed by atoms with E-state index in [2.05, 4.69) is 5.32 Å². The number of benzene rings is 1. The van der Waals surface area contributed by atoms with E-state index < -0.39 is 21.5 Å². The number of amides is 2. The Labute approximate surface area is 183 Å². The summed E-state index contributed by atoms with van der Waals surface area (Å²) >= 11 is 6.00. The van der Waals surface area contributed by atoms with Gasteiger partial charge in [0.1, 0.15) is 5.54 Å². The van der Waals surface area contributed by atoms with E-state index in [-0.39, 0.29) is 30.8 Å². The summed E-state index contributed by atoms with van der Waals surface area (Å²) in [4.78, 5) is 28.1. The van der Waals surface area contributed by atoms with E-state index in [0.717, 1.165) is 36.4 Å². The number of hydrogen-bond acceptors (Lipinski definition) is 4. The molecule has 0 bridgehead atoms. The molecule has 0 spiro atoms. The number of piperazine rings is 1. The van der Waals surface area contributed by atoms with E-state index in [9.17, 15) is 18.0 Å². The molecule has 1 N–H and O–H groups in total. The van der Waals surface area contributed by atoms with Crippen LogP contribution in [0.4, 0.5) is 5.69 Å². The van der Waals surface area contributed by atoms with Crippen molar-refractivity contribution in [2.24, 2.45) is 0 Å². The minimum Gasteiger partial charge on any atom is -0.351 e. The molecule has 0 aromatic heterocycles. The molecule has 1 aromatic carbocycles. The Morgan fingerprint density at radius 3 is 2.43 bits per heavy atom. The van der Waals surface area contributed by atoms with Gasteiger partial charge in [0, 0.05) is 23.3 Å². The van der Waals surface area contributed by atoms with Gasteiger partial charge in [0.25, 0.3) is 0 Å². The van der Waals surface area contributed by atoms with Gasteiger partial charge >= 0.3 is 0 Å². The highest BCUT2D eigenvalue weighted by atomic mass is 35.5. The van der Waals surface area contributed by atoms with Gasteiger partial charge in [0.2, 0.25) is 21.8 Å². The van der Waals surface area contributed by atoms with Gasteiger partial charge in [0.05, 0.1) is 12.3 Å². The monoisotopic (exact) mass is 455 g/mol. The predicted molar refractivity (Wildman–Crippen MR) is 118 cm³/mol. The van der Waals surface area contributed by atoms with Gasteiger partial charge in [-0.05, 0) is 50.5 Å². The first-order valence-electron chi connectivity index (χ1n) is 10.5. The number of carbonyl (C=O) groups excluding carboxylic acids is 2. The summed E-state index contributed by atoms with van der Waals surface area (Å²) in [6.07, 6.45) is 5.50. The fraction of sp³-hybridized carbons (Fsp3) is 0.619. The normalized spacial score (nSPS) is 24.1. The lowest BCUT2D eigenvalue weighted by Crippen LogP contribution is -2.71.